The van der Waals surface area contributed by atoms with Crippen LogP contribution in [0.5, 0.6) is 0 Å². The van der Waals surface area contributed by atoms with Gasteiger partial charge in [0.1, 0.15) is 0 Å². The Morgan fingerprint density at radius 1 is 1.54 bits per heavy atom. The first-order valence-corrected chi connectivity index (χ1v) is 5.07. The number of hydrogen-bond acceptors (Lipinski definition) is 1. The van der Waals surface area contributed by atoms with Gasteiger partial charge in [-0.1, -0.05) is 23.8 Å². The van der Waals surface area contributed by atoms with E-state index in [9.17, 15) is 0 Å². The summed E-state index contributed by atoms with van der Waals surface area (Å²) >= 11 is 0. The van der Waals surface area contributed by atoms with Crippen LogP contribution in [0.4, 0.5) is 0 Å². The number of hydrogen-bond donors (Lipinski definition) is 0. The van der Waals surface area contributed by atoms with Crippen molar-refractivity contribution in [2.24, 2.45) is 5.92 Å². The van der Waals surface area contributed by atoms with Crippen LogP contribution in [0, 0.1) is 5.92 Å². The van der Waals surface area contributed by atoms with Crippen molar-refractivity contribution in [2.45, 2.75) is 39.2 Å². The standard InChI is InChI=1S/C12H20O/c1-10(2)8-9-11-6-4-5-7-12(11)13-3/h4,6,8,11-12H,5,7,9H2,1-3H3/t11-,12+/m0/s1. The Morgan fingerprint density at radius 2 is 2.31 bits per heavy atom. The van der Waals surface area contributed by atoms with Gasteiger partial charge in [-0.05, 0) is 33.1 Å². The summed E-state index contributed by atoms with van der Waals surface area (Å²) in [6, 6.07) is 0. The third kappa shape index (κ3) is 3.35. The monoisotopic (exact) mass is 180 g/mol. The summed E-state index contributed by atoms with van der Waals surface area (Å²) in [5, 5.41) is 0. The molecule has 0 saturated heterocycles. The minimum absolute atomic E-state index is 0.431. The number of methoxy groups -OCH3 is 1. The zero-order valence-electron chi connectivity index (χ0n) is 8.92. The van der Waals surface area contributed by atoms with Crippen molar-refractivity contribution in [3.8, 4) is 0 Å². The van der Waals surface area contributed by atoms with Crippen LogP contribution in [0.15, 0.2) is 23.8 Å². The SMILES string of the molecule is CO[C@@H]1CCC=C[C@H]1CC=C(C)C. The van der Waals surface area contributed by atoms with Gasteiger partial charge in [-0.15, -0.1) is 0 Å². The molecular formula is C12H20O. The third-order valence-corrected chi connectivity index (χ3v) is 2.58. The molecule has 0 fully saturated rings. The number of ether oxygens (including phenoxy) is 1. The molecular weight excluding hydrogens is 160 g/mol. The molecule has 0 aromatic heterocycles. The van der Waals surface area contributed by atoms with Crippen molar-refractivity contribution in [2.75, 3.05) is 7.11 Å². The Morgan fingerprint density at radius 3 is 2.92 bits per heavy atom. The Hall–Kier alpha value is -0.560. The lowest BCUT2D eigenvalue weighted by molar-refractivity contribution is 0.0591. The molecule has 1 nitrogen and oxygen atoms in total. The van der Waals surface area contributed by atoms with E-state index in [1.165, 1.54) is 18.4 Å². The normalized spacial score (nSPS) is 27.3. The van der Waals surface area contributed by atoms with Crippen molar-refractivity contribution in [3.63, 3.8) is 0 Å². The topological polar surface area (TPSA) is 9.23 Å². The average molecular weight is 180 g/mol. The summed E-state index contributed by atoms with van der Waals surface area (Å²) in [6.45, 7) is 4.29. The smallest absolute Gasteiger partial charge is 0.0639 e. The van der Waals surface area contributed by atoms with Crippen molar-refractivity contribution >= 4 is 0 Å². The maximum Gasteiger partial charge on any atom is 0.0639 e. The zero-order valence-corrected chi connectivity index (χ0v) is 8.92. The van der Waals surface area contributed by atoms with Gasteiger partial charge in [-0.3, -0.25) is 0 Å². The summed E-state index contributed by atoms with van der Waals surface area (Å²) in [6.07, 6.45) is 10.8. The average Bonchev–Trinajstić information content (AvgIpc) is 2.15. The van der Waals surface area contributed by atoms with E-state index in [1.54, 1.807) is 0 Å². The molecule has 2 atom stereocenters. The molecule has 0 unspecified atom stereocenters. The fourth-order valence-electron chi connectivity index (χ4n) is 1.76. The maximum atomic E-state index is 5.46. The molecule has 0 bridgehead atoms. The van der Waals surface area contributed by atoms with Gasteiger partial charge in [-0.2, -0.15) is 0 Å². The van der Waals surface area contributed by atoms with Gasteiger partial charge >= 0.3 is 0 Å². The van der Waals surface area contributed by atoms with E-state index in [4.69, 9.17) is 4.74 Å². The second-order valence-corrected chi connectivity index (χ2v) is 3.96. The van der Waals surface area contributed by atoms with Crippen molar-refractivity contribution in [1.29, 1.82) is 0 Å². The van der Waals surface area contributed by atoms with Gasteiger partial charge in [0.05, 0.1) is 6.10 Å². The largest absolute Gasteiger partial charge is 0.381 e. The predicted molar refractivity (Wildman–Crippen MR) is 56.7 cm³/mol. The van der Waals surface area contributed by atoms with Crippen LogP contribution in [0.2, 0.25) is 0 Å². The lowest BCUT2D eigenvalue weighted by atomic mass is 9.89. The molecule has 0 aliphatic heterocycles. The zero-order chi connectivity index (χ0) is 9.68. The summed E-state index contributed by atoms with van der Waals surface area (Å²) in [5.41, 5.74) is 1.40. The van der Waals surface area contributed by atoms with E-state index < -0.39 is 0 Å². The van der Waals surface area contributed by atoms with Crippen LogP contribution >= 0.6 is 0 Å². The van der Waals surface area contributed by atoms with E-state index in [0.29, 0.717) is 12.0 Å². The molecule has 0 saturated carbocycles. The summed E-state index contributed by atoms with van der Waals surface area (Å²) in [5.74, 6) is 0.591. The maximum absolute atomic E-state index is 5.46. The lowest BCUT2D eigenvalue weighted by Gasteiger charge is -2.25. The van der Waals surface area contributed by atoms with Crippen molar-refractivity contribution in [3.05, 3.63) is 23.8 Å². The van der Waals surface area contributed by atoms with Crippen LogP contribution in [-0.2, 0) is 4.74 Å². The molecule has 1 aliphatic carbocycles. The number of allylic oxidation sites excluding steroid dienone is 3. The van der Waals surface area contributed by atoms with Gasteiger partial charge in [0.15, 0.2) is 0 Å². The van der Waals surface area contributed by atoms with Crippen LogP contribution in [0.1, 0.15) is 33.1 Å². The first kappa shape index (κ1) is 10.5. The van der Waals surface area contributed by atoms with Crippen LogP contribution in [0.25, 0.3) is 0 Å². The van der Waals surface area contributed by atoms with E-state index >= 15 is 0 Å². The van der Waals surface area contributed by atoms with Crippen LogP contribution < -0.4 is 0 Å². The summed E-state index contributed by atoms with van der Waals surface area (Å²) < 4.78 is 5.46. The fraction of sp³-hybridized carbons (Fsp3) is 0.667. The first-order valence-electron chi connectivity index (χ1n) is 5.07. The minimum atomic E-state index is 0.431. The Labute approximate surface area is 81.5 Å². The predicted octanol–water partition coefficient (Wildman–Crippen LogP) is 3.32. The Kier molecular flexibility index (Phi) is 4.23. The highest BCUT2D eigenvalue weighted by molar-refractivity contribution is 5.03. The molecule has 0 aromatic carbocycles. The molecule has 0 radical (unpaired) electrons. The van der Waals surface area contributed by atoms with Gasteiger partial charge < -0.3 is 4.74 Å². The summed E-state index contributed by atoms with van der Waals surface area (Å²) in [7, 11) is 1.82. The Balaban J connectivity index is 2.50. The van der Waals surface area contributed by atoms with Gasteiger partial charge in [0.25, 0.3) is 0 Å². The van der Waals surface area contributed by atoms with E-state index in [1.807, 2.05) is 7.11 Å². The van der Waals surface area contributed by atoms with E-state index in [0.717, 1.165) is 6.42 Å². The molecule has 1 aliphatic rings. The van der Waals surface area contributed by atoms with E-state index in [-0.39, 0.29) is 0 Å². The third-order valence-electron chi connectivity index (χ3n) is 2.58. The molecule has 13 heavy (non-hydrogen) atoms. The Bertz CT molecular complexity index is 199. The summed E-state index contributed by atoms with van der Waals surface area (Å²) in [4.78, 5) is 0. The molecule has 0 amide bonds. The highest BCUT2D eigenvalue weighted by atomic mass is 16.5. The van der Waals surface area contributed by atoms with Crippen LogP contribution in [0.3, 0.4) is 0 Å². The quantitative estimate of drug-likeness (QED) is 0.605. The van der Waals surface area contributed by atoms with Gasteiger partial charge in [0, 0.05) is 13.0 Å². The van der Waals surface area contributed by atoms with Crippen molar-refractivity contribution in [1.82, 2.24) is 0 Å². The molecule has 0 spiro atoms. The molecule has 0 N–H and O–H groups in total. The highest BCUT2D eigenvalue weighted by Gasteiger charge is 2.19. The lowest BCUT2D eigenvalue weighted by Crippen LogP contribution is -2.23. The minimum Gasteiger partial charge on any atom is -0.381 e. The molecule has 74 valence electrons. The van der Waals surface area contributed by atoms with Gasteiger partial charge in [-0.25, -0.2) is 0 Å². The second-order valence-electron chi connectivity index (χ2n) is 3.96. The molecule has 1 heteroatoms. The second kappa shape index (κ2) is 5.23. The first-order chi connectivity index (χ1) is 6.24. The number of rotatable bonds is 3. The van der Waals surface area contributed by atoms with Crippen LogP contribution in [-0.4, -0.2) is 13.2 Å². The van der Waals surface area contributed by atoms with E-state index in [2.05, 4.69) is 32.1 Å². The fourth-order valence-corrected chi connectivity index (χ4v) is 1.76. The van der Waals surface area contributed by atoms with Crippen molar-refractivity contribution < 1.29 is 4.74 Å². The van der Waals surface area contributed by atoms with Gasteiger partial charge in [0.2, 0.25) is 0 Å². The molecule has 1 rings (SSSR count). The molecule has 0 heterocycles. The molecule has 0 aromatic rings. The highest BCUT2D eigenvalue weighted by Crippen LogP contribution is 2.24.